The highest BCUT2D eigenvalue weighted by Gasteiger charge is 2.18. The maximum absolute atomic E-state index is 13.4. The smallest absolute Gasteiger partial charge is 0.198 e. The molecule has 0 unspecified atom stereocenters. The summed E-state index contributed by atoms with van der Waals surface area (Å²) in [6, 6.07) is 2.79. The second-order valence-electron chi connectivity index (χ2n) is 2.50. The molecule has 1 aromatic carbocycles. The molecular formula is C9H7BrF2O2. The average molecular weight is 265 g/mol. The van der Waals surface area contributed by atoms with Crippen LogP contribution in [0.4, 0.5) is 8.78 Å². The van der Waals surface area contributed by atoms with Crippen LogP contribution in [0.25, 0.3) is 0 Å². The van der Waals surface area contributed by atoms with Gasteiger partial charge in [-0.15, -0.1) is 0 Å². The summed E-state index contributed by atoms with van der Waals surface area (Å²) in [6.45, 7) is -1.23. The van der Waals surface area contributed by atoms with Crippen molar-refractivity contribution in [2.24, 2.45) is 0 Å². The Morgan fingerprint density at radius 1 is 1.57 bits per heavy atom. The highest BCUT2D eigenvalue weighted by atomic mass is 79.9. The van der Waals surface area contributed by atoms with Crippen LogP contribution in [0, 0.1) is 5.82 Å². The zero-order valence-corrected chi connectivity index (χ0v) is 8.90. The summed E-state index contributed by atoms with van der Waals surface area (Å²) in [5.74, 6) is -1.83. The molecule has 0 bridgehead atoms. The van der Waals surface area contributed by atoms with E-state index in [0.717, 1.165) is 0 Å². The van der Waals surface area contributed by atoms with Gasteiger partial charge >= 0.3 is 0 Å². The Morgan fingerprint density at radius 3 is 2.71 bits per heavy atom. The number of carbonyl (C=O) groups is 1. The van der Waals surface area contributed by atoms with E-state index in [-0.39, 0.29) is 15.8 Å². The molecule has 0 aliphatic carbocycles. The van der Waals surface area contributed by atoms with Crippen LogP contribution in [-0.2, 0) is 0 Å². The molecular weight excluding hydrogens is 258 g/mol. The van der Waals surface area contributed by atoms with Gasteiger partial charge < -0.3 is 4.74 Å². The van der Waals surface area contributed by atoms with Crippen LogP contribution in [0.5, 0.6) is 5.75 Å². The summed E-state index contributed by atoms with van der Waals surface area (Å²) in [5, 5.41) is 0. The van der Waals surface area contributed by atoms with Crippen molar-refractivity contribution in [3.05, 3.63) is 28.0 Å². The fourth-order valence-corrected chi connectivity index (χ4v) is 1.54. The summed E-state index contributed by atoms with van der Waals surface area (Å²) in [4.78, 5) is 11.0. The fourth-order valence-electron chi connectivity index (χ4n) is 1.01. The molecule has 0 saturated heterocycles. The maximum atomic E-state index is 13.4. The number of methoxy groups -OCH3 is 1. The molecule has 0 fully saturated rings. The number of benzene rings is 1. The van der Waals surface area contributed by atoms with Gasteiger partial charge in [0, 0.05) is 4.47 Å². The van der Waals surface area contributed by atoms with Crippen molar-refractivity contribution < 1.29 is 18.3 Å². The molecule has 76 valence electrons. The lowest BCUT2D eigenvalue weighted by Gasteiger charge is -2.06. The topological polar surface area (TPSA) is 26.3 Å². The van der Waals surface area contributed by atoms with E-state index in [1.807, 2.05) is 0 Å². The minimum atomic E-state index is -1.23. The first-order chi connectivity index (χ1) is 6.61. The Labute approximate surface area is 88.0 Å². The molecule has 0 aromatic heterocycles. The summed E-state index contributed by atoms with van der Waals surface area (Å²) in [5.41, 5.74) is -0.313. The van der Waals surface area contributed by atoms with Crippen LogP contribution in [0.2, 0.25) is 0 Å². The van der Waals surface area contributed by atoms with E-state index < -0.39 is 18.3 Å². The van der Waals surface area contributed by atoms with E-state index in [9.17, 15) is 13.6 Å². The zero-order chi connectivity index (χ0) is 10.7. The Bertz CT molecular complexity index is 366. The summed E-state index contributed by atoms with van der Waals surface area (Å²) in [6.07, 6.45) is 0. The monoisotopic (exact) mass is 264 g/mol. The standard InChI is InChI=1S/C9H7BrF2O2/c1-14-7-3-2-5(10)8(9(7)12)6(13)4-11/h2-3H,4H2,1H3. The number of carbonyl (C=O) groups excluding carboxylic acids is 1. The lowest BCUT2D eigenvalue weighted by atomic mass is 10.1. The van der Waals surface area contributed by atoms with Gasteiger partial charge in [0.15, 0.2) is 24.0 Å². The number of Topliss-reactive ketones (excluding diaryl/α,β-unsaturated/α-hetero) is 1. The molecule has 0 atom stereocenters. The van der Waals surface area contributed by atoms with Crippen molar-refractivity contribution in [1.82, 2.24) is 0 Å². The number of hydrogen-bond donors (Lipinski definition) is 0. The van der Waals surface area contributed by atoms with Crippen LogP contribution in [0.15, 0.2) is 16.6 Å². The number of halogens is 3. The van der Waals surface area contributed by atoms with Gasteiger partial charge in [0.25, 0.3) is 0 Å². The van der Waals surface area contributed by atoms with Crippen molar-refractivity contribution in [3.63, 3.8) is 0 Å². The van der Waals surface area contributed by atoms with E-state index >= 15 is 0 Å². The second kappa shape index (κ2) is 4.50. The molecule has 0 aliphatic heterocycles. The minimum Gasteiger partial charge on any atom is -0.494 e. The molecule has 0 heterocycles. The molecule has 0 spiro atoms. The minimum absolute atomic E-state index is 0.0787. The third-order valence-electron chi connectivity index (χ3n) is 1.68. The van der Waals surface area contributed by atoms with Gasteiger partial charge in [-0.25, -0.2) is 8.78 Å². The molecule has 0 radical (unpaired) electrons. The number of ether oxygens (including phenoxy) is 1. The molecule has 2 nitrogen and oxygen atoms in total. The van der Waals surface area contributed by atoms with Crippen LogP contribution in [-0.4, -0.2) is 19.6 Å². The number of ketones is 1. The molecule has 0 saturated carbocycles. The number of alkyl halides is 1. The lowest BCUT2D eigenvalue weighted by molar-refractivity contribution is 0.0953. The van der Waals surface area contributed by atoms with Crippen LogP contribution in [0.1, 0.15) is 10.4 Å². The summed E-state index contributed by atoms with van der Waals surface area (Å²) >= 11 is 2.97. The Hall–Kier alpha value is -0.970. The van der Waals surface area contributed by atoms with Gasteiger partial charge in [-0.2, -0.15) is 0 Å². The number of rotatable bonds is 3. The molecule has 0 aliphatic rings. The molecule has 0 N–H and O–H groups in total. The van der Waals surface area contributed by atoms with E-state index in [2.05, 4.69) is 20.7 Å². The second-order valence-corrected chi connectivity index (χ2v) is 3.35. The first kappa shape index (κ1) is 11.1. The van der Waals surface area contributed by atoms with E-state index in [1.165, 1.54) is 19.2 Å². The summed E-state index contributed by atoms with van der Waals surface area (Å²) < 4.78 is 30.4. The third-order valence-corrected chi connectivity index (χ3v) is 2.34. The first-order valence-electron chi connectivity index (χ1n) is 3.73. The van der Waals surface area contributed by atoms with Gasteiger partial charge in [-0.05, 0) is 28.1 Å². The lowest BCUT2D eigenvalue weighted by Crippen LogP contribution is -2.06. The largest absolute Gasteiger partial charge is 0.494 e. The Kier molecular flexibility index (Phi) is 3.57. The zero-order valence-electron chi connectivity index (χ0n) is 7.31. The third kappa shape index (κ3) is 1.92. The predicted molar refractivity (Wildman–Crippen MR) is 51.0 cm³/mol. The van der Waals surface area contributed by atoms with E-state index in [4.69, 9.17) is 0 Å². The van der Waals surface area contributed by atoms with Gasteiger partial charge in [-0.1, -0.05) is 0 Å². The first-order valence-corrected chi connectivity index (χ1v) is 4.52. The fraction of sp³-hybridized carbons (Fsp3) is 0.222. The van der Waals surface area contributed by atoms with Crippen LogP contribution in [0.3, 0.4) is 0 Å². The van der Waals surface area contributed by atoms with E-state index in [1.54, 1.807) is 0 Å². The highest BCUT2D eigenvalue weighted by Crippen LogP contribution is 2.27. The summed E-state index contributed by atoms with van der Waals surface area (Å²) in [7, 11) is 1.27. The van der Waals surface area contributed by atoms with Gasteiger partial charge in [-0.3, -0.25) is 4.79 Å². The van der Waals surface area contributed by atoms with Crippen molar-refractivity contribution in [2.75, 3.05) is 13.8 Å². The van der Waals surface area contributed by atoms with E-state index in [0.29, 0.717) is 0 Å². The van der Waals surface area contributed by atoms with Gasteiger partial charge in [0.05, 0.1) is 12.7 Å². The molecule has 14 heavy (non-hydrogen) atoms. The maximum Gasteiger partial charge on any atom is 0.198 e. The van der Waals surface area contributed by atoms with Gasteiger partial charge in [0.2, 0.25) is 0 Å². The van der Waals surface area contributed by atoms with Crippen molar-refractivity contribution in [1.29, 1.82) is 0 Å². The van der Waals surface area contributed by atoms with Crippen molar-refractivity contribution >= 4 is 21.7 Å². The average Bonchev–Trinajstić information content (AvgIpc) is 2.18. The van der Waals surface area contributed by atoms with Crippen molar-refractivity contribution in [2.45, 2.75) is 0 Å². The SMILES string of the molecule is COc1ccc(Br)c(C(=O)CF)c1F. The molecule has 1 aromatic rings. The van der Waals surface area contributed by atoms with Crippen LogP contribution < -0.4 is 4.74 Å². The van der Waals surface area contributed by atoms with Gasteiger partial charge in [0.1, 0.15) is 0 Å². The normalized spacial score (nSPS) is 10.0. The Balaban J connectivity index is 3.32. The number of hydrogen-bond acceptors (Lipinski definition) is 2. The molecule has 5 heteroatoms. The van der Waals surface area contributed by atoms with Crippen LogP contribution >= 0.6 is 15.9 Å². The Morgan fingerprint density at radius 2 is 2.21 bits per heavy atom. The molecule has 1 rings (SSSR count). The van der Waals surface area contributed by atoms with Crippen molar-refractivity contribution in [3.8, 4) is 5.75 Å². The molecule has 0 amide bonds. The quantitative estimate of drug-likeness (QED) is 0.785. The highest BCUT2D eigenvalue weighted by molar-refractivity contribution is 9.10. The predicted octanol–water partition coefficient (Wildman–Crippen LogP) is 2.75.